The van der Waals surface area contributed by atoms with Crippen LogP contribution in [0, 0.1) is 5.92 Å². The van der Waals surface area contributed by atoms with Crippen LogP contribution in [-0.4, -0.2) is 11.9 Å². The van der Waals surface area contributed by atoms with Gasteiger partial charge in [0.15, 0.2) is 0 Å². The number of fused-ring (bicyclic) bond motifs is 1. The Morgan fingerprint density at radius 2 is 1.94 bits per heavy atom. The first-order valence-corrected chi connectivity index (χ1v) is 6.52. The zero-order valence-corrected chi connectivity index (χ0v) is 10.9. The minimum absolute atomic E-state index is 0.417. The van der Waals surface area contributed by atoms with E-state index in [0.717, 1.165) is 18.4 Å². The monoisotopic (exact) mass is 246 g/mol. The number of esters is 2. The molecule has 3 nitrogen and oxygen atoms in total. The second kappa shape index (κ2) is 5.34. The van der Waals surface area contributed by atoms with Crippen molar-refractivity contribution in [2.45, 2.75) is 39.5 Å². The number of carbonyl (C=O) groups excluding carboxylic acids is 2. The van der Waals surface area contributed by atoms with Crippen LogP contribution in [-0.2, 0) is 11.2 Å². The van der Waals surface area contributed by atoms with Crippen LogP contribution in [0.5, 0.6) is 0 Å². The van der Waals surface area contributed by atoms with Crippen molar-refractivity contribution < 1.29 is 14.3 Å². The van der Waals surface area contributed by atoms with E-state index in [4.69, 9.17) is 0 Å². The lowest BCUT2D eigenvalue weighted by Gasteiger charge is -2.10. The van der Waals surface area contributed by atoms with Crippen LogP contribution in [0.1, 0.15) is 59.4 Å². The Bertz CT molecular complexity index is 477. The van der Waals surface area contributed by atoms with E-state index < -0.39 is 11.9 Å². The van der Waals surface area contributed by atoms with E-state index in [1.807, 2.05) is 12.1 Å². The van der Waals surface area contributed by atoms with Crippen molar-refractivity contribution >= 4 is 11.9 Å². The molecule has 0 amide bonds. The average Bonchev–Trinajstić information content (AvgIpc) is 2.64. The maximum Gasteiger partial charge on any atom is 0.347 e. The lowest BCUT2D eigenvalue weighted by atomic mass is 9.93. The molecule has 1 unspecified atom stereocenters. The number of aryl methyl sites for hydroxylation is 1. The Labute approximate surface area is 107 Å². The fraction of sp³-hybridized carbons (Fsp3) is 0.467. The van der Waals surface area contributed by atoms with Gasteiger partial charge in [0.25, 0.3) is 0 Å². The van der Waals surface area contributed by atoms with Gasteiger partial charge in [0, 0.05) is 0 Å². The van der Waals surface area contributed by atoms with Gasteiger partial charge in [0.1, 0.15) is 0 Å². The third-order valence-electron chi connectivity index (χ3n) is 3.45. The number of benzene rings is 1. The predicted molar refractivity (Wildman–Crippen MR) is 68.6 cm³/mol. The highest BCUT2D eigenvalue weighted by Crippen LogP contribution is 2.25. The van der Waals surface area contributed by atoms with Gasteiger partial charge in [0.05, 0.1) is 11.1 Å². The van der Waals surface area contributed by atoms with E-state index in [2.05, 4.69) is 18.6 Å². The molecule has 1 aliphatic heterocycles. The minimum atomic E-state index is -0.515. The van der Waals surface area contributed by atoms with Crippen LogP contribution in [0.2, 0.25) is 0 Å². The van der Waals surface area contributed by atoms with Crippen molar-refractivity contribution in [1.82, 2.24) is 0 Å². The summed E-state index contributed by atoms with van der Waals surface area (Å²) in [5, 5.41) is 0. The lowest BCUT2D eigenvalue weighted by Crippen LogP contribution is -2.03. The molecule has 0 fully saturated rings. The van der Waals surface area contributed by atoms with Crippen LogP contribution in [0.15, 0.2) is 18.2 Å². The van der Waals surface area contributed by atoms with E-state index in [1.165, 1.54) is 12.8 Å². The first-order chi connectivity index (χ1) is 8.63. The smallest absolute Gasteiger partial charge is 0.347 e. The highest BCUT2D eigenvalue weighted by atomic mass is 16.6. The van der Waals surface area contributed by atoms with Gasteiger partial charge in [-0.15, -0.1) is 0 Å². The van der Waals surface area contributed by atoms with Gasteiger partial charge in [-0.25, -0.2) is 9.59 Å². The number of hydrogen-bond acceptors (Lipinski definition) is 3. The number of cyclic esters (lactones) is 2. The highest BCUT2D eigenvalue weighted by Gasteiger charge is 2.31. The first-order valence-electron chi connectivity index (χ1n) is 6.52. The standard InChI is InChI=1S/C15H18O3/c1-3-5-10(2)8-9-11-6-4-7-12-13(11)15(17)18-14(12)16/h4,6-7,10H,3,5,8-9H2,1-2H3. The Morgan fingerprint density at radius 3 is 2.67 bits per heavy atom. The molecule has 0 spiro atoms. The number of carbonyl (C=O) groups is 2. The van der Waals surface area contributed by atoms with Gasteiger partial charge in [-0.05, 0) is 30.4 Å². The summed E-state index contributed by atoms with van der Waals surface area (Å²) >= 11 is 0. The van der Waals surface area contributed by atoms with Gasteiger partial charge in [0.2, 0.25) is 0 Å². The van der Waals surface area contributed by atoms with Crippen molar-refractivity contribution in [3.05, 3.63) is 34.9 Å². The molecule has 0 aromatic heterocycles. The van der Waals surface area contributed by atoms with Crippen molar-refractivity contribution in [1.29, 1.82) is 0 Å². The van der Waals surface area contributed by atoms with Gasteiger partial charge in [-0.2, -0.15) is 0 Å². The van der Waals surface area contributed by atoms with E-state index in [0.29, 0.717) is 17.0 Å². The SMILES string of the molecule is CCCC(C)CCc1cccc2c1C(=O)OC2=O. The van der Waals surface area contributed by atoms with Crippen molar-refractivity contribution in [3.63, 3.8) is 0 Å². The number of hydrogen-bond donors (Lipinski definition) is 0. The maximum atomic E-state index is 11.6. The molecule has 1 aromatic carbocycles. The van der Waals surface area contributed by atoms with Crippen LogP contribution >= 0.6 is 0 Å². The van der Waals surface area contributed by atoms with E-state index in [-0.39, 0.29) is 0 Å². The zero-order chi connectivity index (χ0) is 13.1. The molecule has 1 aromatic rings. The van der Waals surface area contributed by atoms with Gasteiger partial charge in [-0.3, -0.25) is 0 Å². The fourth-order valence-corrected chi connectivity index (χ4v) is 2.45. The summed E-state index contributed by atoms with van der Waals surface area (Å²) in [6.45, 7) is 4.39. The third kappa shape index (κ3) is 2.45. The van der Waals surface area contributed by atoms with Crippen molar-refractivity contribution in [2.24, 2.45) is 5.92 Å². The van der Waals surface area contributed by atoms with E-state index in [1.54, 1.807) is 6.07 Å². The second-order valence-corrected chi connectivity index (χ2v) is 4.95. The Kier molecular flexibility index (Phi) is 3.80. The predicted octanol–water partition coefficient (Wildman–Crippen LogP) is 3.37. The van der Waals surface area contributed by atoms with E-state index >= 15 is 0 Å². The molecule has 1 atom stereocenters. The van der Waals surface area contributed by atoms with Crippen LogP contribution < -0.4 is 0 Å². The summed E-state index contributed by atoms with van der Waals surface area (Å²) in [4.78, 5) is 23.0. The summed E-state index contributed by atoms with van der Waals surface area (Å²) < 4.78 is 4.65. The molecule has 1 heterocycles. The average molecular weight is 246 g/mol. The molecule has 0 aliphatic carbocycles. The summed E-state index contributed by atoms with van der Waals surface area (Å²) in [5.41, 5.74) is 1.83. The van der Waals surface area contributed by atoms with Gasteiger partial charge >= 0.3 is 11.9 Å². The molecule has 2 rings (SSSR count). The summed E-state index contributed by atoms with van der Waals surface area (Å²) in [6, 6.07) is 5.39. The molecule has 0 radical (unpaired) electrons. The number of ether oxygens (including phenoxy) is 1. The normalized spacial score (nSPS) is 15.4. The van der Waals surface area contributed by atoms with Crippen molar-refractivity contribution in [2.75, 3.05) is 0 Å². The quantitative estimate of drug-likeness (QED) is 0.591. The Morgan fingerprint density at radius 1 is 1.17 bits per heavy atom. The Hall–Kier alpha value is -1.64. The molecular weight excluding hydrogens is 228 g/mol. The molecule has 0 bridgehead atoms. The summed E-state index contributed by atoms with van der Waals surface area (Å²) in [5.74, 6) is -0.369. The van der Waals surface area contributed by atoms with Crippen LogP contribution in [0.25, 0.3) is 0 Å². The van der Waals surface area contributed by atoms with Crippen LogP contribution in [0.3, 0.4) is 0 Å². The summed E-state index contributed by atoms with van der Waals surface area (Å²) in [7, 11) is 0. The van der Waals surface area contributed by atoms with Crippen LogP contribution in [0.4, 0.5) is 0 Å². The summed E-state index contributed by atoms with van der Waals surface area (Å²) in [6.07, 6.45) is 4.23. The van der Waals surface area contributed by atoms with Crippen molar-refractivity contribution in [3.8, 4) is 0 Å². The third-order valence-corrected chi connectivity index (χ3v) is 3.45. The maximum absolute atomic E-state index is 11.6. The largest absolute Gasteiger partial charge is 0.386 e. The fourth-order valence-electron chi connectivity index (χ4n) is 2.45. The lowest BCUT2D eigenvalue weighted by molar-refractivity contribution is 0.0443. The molecule has 96 valence electrons. The molecular formula is C15H18O3. The highest BCUT2D eigenvalue weighted by molar-refractivity contribution is 6.15. The van der Waals surface area contributed by atoms with Gasteiger partial charge in [-0.1, -0.05) is 38.8 Å². The molecule has 3 heteroatoms. The molecule has 18 heavy (non-hydrogen) atoms. The Balaban J connectivity index is 2.15. The second-order valence-electron chi connectivity index (χ2n) is 4.95. The minimum Gasteiger partial charge on any atom is -0.386 e. The topological polar surface area (TPSA) is 43.4 Å². The van der Waals surface area contributed by atoms with Gasteiger partial charge < -0.3 is 4.74 Å². The number of rotatable bonds is 5. The molecule has 1 aliphatic rings. The zero-order valence-electron chi connectivity index (χ0n) is 10.9. The molecule has 0 saturated heterocycles. The molecule has 0 N–H and O–H groups in total. The molecule has 0 saturated carbocycles. The van der Waals surface area contributed by atoms with E-state index in [9.17, 15) is 9.59 Å². The first kappa shape index (κ1) is 12.8.